The summed E-state index contributed by atoms with van der Waals surface area (Å²) in [6.45, 7) is 0.711. The molecule has 0 unspecified atom stereocenters. The maximum Gasteiger partial charge on any atom is 0.163 e. The van der Waals surface area contributed by atoms with Crippen LogP contribution in [-0.4, -0.2) is 31.5 Å². The molecule has 3 aromatic heterocycles. The lowest BCUT2D eigenvalue weighted by Crippen LogP contribution is -2.22. The van der Waals surface area contributed by atoms with Crippen LogP contribution in [0, 0.1) is 0 Å². The predicted octanol–water partition coefficient (Wildman–Crippen LogP) is 1.98. The van der Waals surface area contributed by atoms with Crippen molar-refractivity contribution in [2.45, 2.75) is 0 Å². The third-order valence-corrected chi connectivity index (χ3v) is 3.21. The van der Waals surface area contributed by atoms with Crippen LogP contribution in [-0.2, 0) is 0 Å². The number of aromatic nitrogens is 5. The Morgan fingerprint density at radius 3 is 3.05 bits per heavy atom. The van der Waals surface area contributed by atoms with Crippen LogP contribution in [0.15, 0.2) is 43.3 Å². The molecule has 0 aliphatic carbocycles. The molecule has 0 radical (unpaired) electrons. The van der Waals surface area contributed by atoms with E-state index < -0.39 is 0 Å². The maximum absolute atomic E-state index is 4.40. The van der Waals surface area contributed by atoms with E-state index in [4.69, 9.17) is 0 Å². The summed E-state index contributed by atoms with van der Waals surface area (Å²) in [6, 6.07) is 3.79. The Morgan fingerprint density at radius 1 is 1.05 bits per heavy atom. The largest absolute Gasteiger partial charge is 0.317 e. The lowest BCUT2D eigenvalue weighted by Gasteiger charge is -2.26. The van der Waals surface area contributed by atoms with Gasteiger partial charge in [-0.3, -0.25) is 4.98 Å². The van der Waals surface area contributed by atoms with Crippen molar-refractivity contribution in [2.24, 2.45) is 0 Å². The number of fused-ring (bicyclic) bond motifs is 2. The van der Waals surface area contributed by atoms with E-state index in [2.05, 4.69) is 24.9 Å². The van der Waals surface area contributed by atoms with Crippen molar-refractivity contribution in [3.05, 3.63) is 49.0 Å². The van der Waals surface area contributed by atoms with Gasteiger partial charge in [0.05, 0.1) is 23.1 Å². The van der Waals surface area contributed by atoms with Crippen molar-refractivity contribution in [2.75, 3.05) is 11.4 Å². The molecule has 0 aromatic carbocycles. The molecular formula is C14H10N6. The zero-order chi connectivity index (χ0) is 13.4. The van der Waals surface area contributed by atoms with E-state index in [1.165, 1.54) is 0 Å². The second-order valence-electron chi connectivity index (χ2n) is 4.37. The summed E-state index contributed by atoms with van der Waals surface area (Å²) in [5.74, 6) is 0.774. The fraction of sp³-hybridized carbons (Fsp3) is 0.0714. The van der Waals surface area contributed by atoms with Crippen LogP contribution in [0.3, 0.4) is 0 Å². The first kappa shape index (κ1) is 11.0. The summed E-state index contributed by atoms with van der Waals surface area (Å²) in [5.41, 5.74) is 3.42. The molecule has 3 aromatic rings. The molecule has 0 N–H and O–H groups in total. The number of hydrogen-bond acceptors (Lipinski definition) is 6. The molecule has 96 valence electrons. The van der Waals surface area contributed by atoms with E-state index in [-0.39, 0.29) is 0 Å². The normalized spacial score (nSPS) is 13.5. The fourth-order valence-corrected chi connectivity index (χ4v) is 2.31. The summed E-state index contributed by atoms with van der Waals surface area (Å²) >= 11 is 0. The minimum Gasteiger partial charge on any atom is -0.317 e. The third-order valence-electron chi connectivity index (χ3n) is 3.21. The summed E-state index contributed by atoms with van der Waals surface area (Å²) < 4.78 is 0. The number of anilines is 2. The highest BCUT2D eigenvalue weighted by atomic mass is 15.2. The van der Waals surface area contributed by atoms with Crippen LogP contribution in [0.4, 0.5) is 11.5 Å². The lowest BCUT2D eigenvalue weighted by molar-refractivity contribution is 0.993. The Bertz CT molecular complexity index is 808. The average Bonchev–Trinajstić information content (AvgIpc) is 2.54. The Balaban J connectivity index is 1.95. The molecule has 0 saturated heterocycles. The maximum atomic E-state index is 4.40. The Morgan fingerprint density at radius 2 is 2.05 bits per heavy atom. The number of nitrogens with zero attached hydrogens (tertiary/aromatic N) is 6. The Labute approximate surface area is 114 Å². The third kappa shape index (κ3) is 1.62. The van der Waals surface area contributed by atoms with Gasteiger partial charge in [-0.25, -0.2) is 19.9 Å². The fourth-order valence-electron chi connectivity index (χ4n) is 2.31. The van der Waals surface area contributed by atoms with Crippen molar-refractivity contribution in [3.8, 4) is 0 Å². The van der Waals surface area contributed by atoms with Gasteiger partial charge in [0.1, 0.15) is 18.2 Å². The first-order valence-corrected chi connectivity index (χ1v) is 6.23. The van der Waals surface area contributed by atoms with Gasteiger partial charge in [-0.15, -0.1) is 0 Å². The van der Waals surface area contributed by atoms with Gasteiger partial charge < -0.3 is 4.90 Å². The number of rotatable bonds is 1. The first-order chi connectivity index (χ1) is 9.93. The lowest BCUT2D eigenvalue weighted by atomic mass is 10.2. The highest BCUT2D eigenvalue weighted by Crippen LogP contribution is 2.31. The van der Waals surface area contributed by atoms with Gasteiger partial charge in [-0.1, -0.05) is 6.08 Å². The minimum absolute atomic E-state index is 0.711. The highest BCUT2D eigenvalue weighted by molar-refractivity contribution is 5.89. The Kier molecular flexibility index (Phi) is 2.38. The molecule has 0 amide bonds. The van der Waals surface area contributed by atoms with E-state index in [0.29, 0.717) is 6.54 Å². The van der Waals surface area contributed by atoms with Crippen molar-refractivity contribution < 1.29 is 0 Å². The molecule has 0 saturated carbocycles. The molecule has 20 heavy (non-hydrogen) atoms. The van der Waals surface area contributed by atoms with E-state index >= 15 is 0 Å². The molecular weight excluding hydrogens is 252 g/mol. The van der Waals surface area contributed by atoms with Crippen molar-refractivity contribution in [3.63, 3.8) is 0 Å². The van der Waals surface area contributed by atoms with Crippen LogP contribution in [0.1, 0.15) is 5.69 Å². The second kappa shape index (κ2) is 4.34. The molecule has 4 heterocycles. The van der Waals surface area contributed by atoms with E-state index in [1.807, 2.05) is 29.2 Å². The molecule has 0 atom stereocenters. The monoisotopic (exact) mass is 262 g/mol. The van der Waals surface area contributed by atoms with Gasteiger partial charge in [-0.2, -0.15) is 0 Å². The summed E-state index contributed by atoms with van der Waals surface area (Å²) in [7, 11) is 0. The number of pyridine rings is 1. The first-order valence-electron chi connectivity index (χ1n) is 6.23. The minimum atomic E-state index is 0.711. The van der Waals surface area contributed by atoms with Crippen LogP contribution >= 0.6 is 0 Å². The van der Waals surface area contributed by atoms with Gasteiger partial charge >= 0.3 is 0 Å². The zero-order valence-electron chi connectivity index (χ0n) is 10.5. The standard InChI is InChI=1S/C14H10N6/c1-3-11-13(16-5-1)14(19-9-18-11)20-6-2-4-10-12(20)7-15-8-17-10/h1-5,7-9H,6H2. The number of hydrogen-bond donors (Lipinski definition) is 0. The molecule has 1 aliphatic rings. The Hall–Kier alpha value is -2.89. The SMILES string of the molecule is C1=Cc2ncncc2N(c2ncnc3cccnc23)C1. The van der Waals surface area contributed by atoms with Gasteiger partial charge in [-0.05, 0) is 18.2 Å². The molecule has 6 nitrogen and oxygen atoms in total. The molecule has 0 spiro atoms. The summed E-state index contributed by atoms with van der Waals surface area (Å²) in [4.78, 5) is 23.5. The zero-order valence-corrected chi connectivity index (χ0v) is 10.5. The topological polar surface area (TPSA) is 67.7 Å². The van der Waals surface area contributed by atoms with Crippen molar-refractivity contribution in [1.82, 2.24) is 24.9 Å². The van der Waals surface area contributed by atoms with Crippen molar-refractivity contribution in [1.29, 1.82) is 0 Å². The van der Waals surface area contributed by atoms with Gasteiger partial charge in [0.15, 0.2) is 5.82 Å². The molecule has 1 aliphatic heterocycles. The van der Waals surface area contributed by atoms with Gasteiger partial charge in [0.2, 0.25) is 0 Å². The van der Waals surface area contributed by atoms with E-state index in [9.17, 15) is 0 Å². The van der Waals surface area contributed by atoms with Crippen LogP contribution in [0.25, 0.3) is 17.1 Å². The summed E-state index contributed by atoms with van der Waals surface area (Å²) in [5, 5.41) is 0. The predicted molar refractivity (Wildman–Crippen MR) is 75.4 cm³/mol. The average molecular weight is 262 g/mol. The van der Waals surface area contributed by atoms with Crippen LogP contribution in [0.2, 0.25) is 0 Å². The van der Waals surface area contributed by atoms with Gasteiger partial charge in [0, 0.05) is 12.7 Å². The quantitative estimate of drug-likeness (QED) is 0.668. The van der Waals surface area contributed by atoms with Crippen LogP contribution in [0.5, 0.6) is 0 Å². The molecule has 4 rings (SSSR count). The molecule has 6 heteroatoms. The summed E-state index contributed by atoms with van der Waals surface area (Å²) in [6.07, 6.45) is 10.7. The molecule has 0 bridgehead atoms. The molecule has 0 fully saturated rings. The smallest absolute Gasteiger partial charge is 0.163 e. The van der Waals surface area contributed by atoms with Crippen LogP contribution < -0.4 is 4.90 Å². The van der Waals surface area contributed by atoms with Crippen molar-refractivity contribution >= 4 is 28.6 Å². The van der Waals surface area contributed by atoms with E-state index in [1.54, 1.807) is 25.0 Å². The van der Waals surface area contributed by atoms with E-state index in [0.717, 1.165) is 28.2 Å². The second-order valence-corrected chi connectivity index (χ2v) is 4.37. The highest BCUT2D eigenvalue weighted by Gasteiger charge is 2.19. The van der Waals surface area contributed by atoms with Gasteiger partial charge in [0.25, 0.3) is 0 Å².